The maximum atomic E-state index is 12.3. The van der Waals surface area contributed by atoms with Crippen molar-refractivity contribution in [3.63, 3.8) is 0 Å². The number of unbranched alkanes of at least 4 members (excludes halogenated alkanes) is 34. The van der Waals surface area contributed by atoms with Crippen molar-refractivity contribution in [3.05, 3.63) is 12.2 Å². The van der Waals surface area contributed by atoms with E-state index in [0.717, 1.165) is 25.7 Å². The van der Waals surface area contributed by atoms with E-state index in [1.54, 1.807) is 0 Å². The van der Waals surface area contributed by atoms with Gasteiger partial charge in [-0.2, -0.15) is 0 Å². The first-order valence-corrected chi connectivity index (χ1v) is 23.4. The van der Waals surface area contributed by atoms with Crippen LogP contribution in [0, 0.1) is 0 Å². The van der Waals surface area contributed by atoms with Crippen molar-refractivity contribution in [1.82, 2.24) is 5.32 Å². The van der Waals surface area contributed by atoms with Crippen LogP contribution in [-0.2, 0) is 4.79 Å². The normalized spacial score (nSPS) is 12.9. The van der Waals surface area contributed by atoms with Gasteiger partial charge in [0.2, 0.25) is 5.91 Å². The van der Waals surface area contributed by atoms with Crippen molar-refractivity contribution in [2.75, 3.05) is 6.61 Å². The third-order valence-corrected chi connectivity index (χ3v) is 11.0. The number of hydrogen-bond acceptors (Lipinski definition) is 3. The van der Waals surface area contributed by atoms with Crippen molar-refractivity contribution in [1.29, 1.82) is 0 Å². The molecule has 0 radical (unpaired) electrons. The number of aliphatic hydroxyl groups is 2. The second-order valence-corrected chi connectivity index (χ2v) is 16.2. The van der Waals surface area contributed by atoms with Crippen molar-refractivity contribution in [3.8, 4) is 0 Å². The Bertz CT molecular complexity index is 695. The minimum absolute atomic E-state index is 0.0323. The Labute approximate surface area is 320 Å². The number of rotatable bonds is 43. The molecule has 0 saturated heterocycles. The first kappa shape index (κ1) is 50.1. The van der Waals surface area contributed by atoms with Gasteiger partial charge in [-0.1, -0.05) is 231 Å². The van der Waals surface area contributed by atoms with E-state index in [-0.39, 0.29) is 12.5 Å². The molecule has 0 aromatic carbocycles. The molecule has 0 spiro atoms. The lowest BCUT2D eigenvalue weighted by Crippen LogP contribution is -2.45. The van der Waals surface area contributed by atoms with Gasteiger partial charge in [0.05, 0.1) is 18.8 Å². The van der Waals surface area contributed by atoms with Crippen LogP contribution < -0.4 is 5.32 Å². The molecule has 0 heterocycles. The Balaban J connectivity index is 3.31. The van der Waals surface area contributed by atoms with Crippen LogP contribution in [0.5, 0.6) is 0 Å². The fourth-order valence-electron chi connectivity index (χ4n) is 7.42. The van der Waals surface area contributed by atoms with Gasteiger partial charge in [-0.25, -0.2) is 0 Å². The van der Waals surface area contributed by atoms with Crippen molar-refractivity contribution >= 4 is 5.91 Å². The van der Waals surface area contributed by atoms with Gasteiger partial charge in [-0.3, -0.25) is 4.79 Å². The first-order chi connectivity index (χ1) is 25.2. The molecule has 0 aliphatic carbocycles. The number of carbonyl (C=O) groups is 1. The predicted octanol–water partition coefficient (Wildman–Crippen LogP) is 14.6. The summed E-state index contributed by atoms with van der Waals surface area (Å²) in [5, 5.41) is 22.9. The molecule has 4 heteroatoms. The summed E-state index contributed by atoms with van der Waals surface area (Å²) in [6.45, 7) is 4.31. The molecule has 2 atom stereocenters. The average Bonchev–Trinajstić information content (AvgIpc) is 3.13. The predicted molar refractivity (Wildman–Crippen MR) is 226 cm³/mol. The summed E-state index contributed by atoms with van der Waals surface area (Å²) in [6.07, 6.45) is 54.9. The molecule has 2 unspecified atom stereocenters. The minimum Gasteiger partial charge on any atom is -0.394 e. The summed E-state index contributed by atoms with van der Waals surface area (Å²) in [5.74, 6) is -0.0323. The topological polar surface area (TPSA) is 69.6 Å². The Hall–Kier alpha value is -0.870. The molecule has 0 saturated carbocycles. The van der Waals surface area contributed by atoms with Crippen LogP contribution in [0.4, 0.5) is 0 Å². The number of amides is 1. The quantitative estimate of drug-likeness (QED) is 0.0434. The summed E-state index contributed by atoms with van der Waals surface area (Å²) in [5.41, 5.74) is 0. The Kier molecular flexibility index (Phi) is 42.8. The zero-order valence-electron chi connectivity index (χ0n) is 34.9. The molecule has 0 bridgehead atoms. The lowest BCUT2D eigenvalue weighted by Gasteiger charge is -2.22. The van der Waals surface area contributed by atoms with Crippen LogP contribution in [0.3, 0.4) is 0 Å². The van der Waals surface area contributed by atoms with Crippen molar-refractivity contribution < 1.29 is 15.0 Å². The van der Waals surface area contributed by atoms with E-state index in [9.17, 15) is 15.0 Å². The number of nitrogens with one attached hydrogen (secondary N) is 1. The van der Waals surface area contributed by atoms with Gasteiger partial charge in [0.25, 0.3) is 0 Å². The highest BCUT2D eigenvalue weighted by atomic mass is 16.3. The maximum absolute atomic E-state index is 12.3. The van der Waals surface area contributed by atoms with Crippen LogP contribution in [0.25, 0.3) is 0 Å². The van der Waals surface area contributed by atoms with Gasteiger partial charge >= 0.3 is 0 Å². The molecule has 1 amide bonds. The summed E-state index contributed by atoms with van der Waals surface area (Å²) < 4.78 is 0. The van der Waals surface area contributed by atoms with E-state index in [4.69, 9.17) is 0 Å². The molecule has 304 valence electrons. The van der Waals surface area contributed by atoms with Crippen LogP contribution in [0.2, 0.25) is 0 Å². The highest BCUT2D eigenvalue weighted by Gasteiger charge is 2.20. The molecular weight excluding hydrogens is 627 g/mol. The summed E-state index contributed by atoms with van der Waals surface area (Å²) >= 11 is 0. The van der Waals surface area contributed by atoms with E-state index in [1.165, 1.54) is 212 Å². The number of allylic oxidation sites excluding steroid dienone is 2. The summed E-state index contributed by atoms with van der Waals surface area (Å²) in [6, 6.07) is -0.528. The van der Waals surface area contributed by atoms with Gasteiger partial charge < -0.3 is 15.5 Å². The molecular formula is C47H93NO3. The molecule has 0 rings (SSSR count). The standard InChI is InChI=1S/C47H93NO3/c1-3-5-7-9-11-12-13-14-15-16-17-18-19-20-21-22-23-24-25-26-27-28-29-30-31-32-33-34-35-36-37-39-41-43-47(51)48-45(44-49)46(50)42-40-38-10-8-6-4-2/h16-17,45-46,49-50H,3-15,18-44H2,1-2H3,(H,48,51)/b17-16-. The summed E-state index contributed by atoms with van der Waals surface area (Å²) in [4.78, 5) is 12.3. The maximum Gasteiger partial charge on any atom is 0.220 e. The monoisotopic (exact) mass is 720 g/mol. The third kappa shape index (κ3) is 40.2. The Morgan fingerprint density at radius 3 is 1.08 bits per heavy atom. The second-order valence-electron chi connectivity index (χ2n) is 16.2. The molecule has 3 N–H and O–H groups in total. The van der Waals surface area contributed by atoms with E-state index < -0.39 is 12.1 Å². The Morgan fingerprint density at radius 1 is 0.451 bits per heavy atom. The third-order valence-electron chi connectivity index (χ3n) is 11.0. The highest BCUT2D eigenvalue weighted by Crippen LogP contribution is 2.17. The molecule has 0 fully saturated rings. The molecule has 51 heavy (non-hydrogen) atoms. The van der Waals surface area contributed by atoms with Gasteiger partial charge in [-0.05, 0) is 38.5 Å². The van der Waals surface area contributed by atoms with Crippen molar-refractivity contribution in [2.24, 2.45) is 0 Å². The Morgan fingerprint density at radius 2 is 0.745 bits per heavy atom. The molecule has 0 aromatic rings. The fraction of sp³-hybridized carbons (Fsp3) is 0.936. The van der Waals surface area contributed by atoms with Crippen LogP contribution in [-0.4, -0.2) is 34.9 Å². The summed E-state index contributed by atoms with van der Waals surface area (Å²) in [7, 11) is 0. The van der Waals surface area contributed by atoms with E-state index in [2.05, 4.69) is 31.3 Å². The lowest BCUT2D eigenvalue weighted by molar-refractivity contribution is -0.123. The van der Waals surface area contributed by atoms with Gasteiger partial charge in [0.1, 0.15) is 0 Å². The smallest absolute Gasteiger partial charge is 0.220 e. The molecule has 0 aromatic heterocycles. The minimum atomic E-state index is -0.651. The van der Waals surface area contributed by atoms with E-state index in [1.807, 2.05) is 0 Å². The largest absolute Gasteiger partial charge is 0.394 e. The van der Waals surface area contributed by atoms with Crippen LogP contribution in [0.1, 0.15) is 264 Å². The van der Waals surface area contributed by atoms with E-state index >= 15 is 0 Å². The number of hydrogen-bond donors (Lipinski definition) is 3. The zero-order valence-corrected chi connectivity index (χ0v) is 34.9. The molecule has 0 aliphatic rings. The van der Waals surface area contributed by atoms with Gasteiger partial charge in [0, 0.05) is 6.42 Å². The number of carbonyl (C=O) groups excluding carboxylic acids is 1. The molecule has 4 nitrogen and oxygen atoms in total. The zero-order chi connectivity index (χ0) is 37.1. The number of aliphatic hydroxyl groups excluding tert-OH is 2. The second kappa shape index (κ2) is 43.5. The van der Waals surface area contributed by atoms with Crippen LogP contribution in [0.15, 0.2) is 12.2 Å². The SMILES string of the molecule is CCCCCCCCCC/C=C\CCCCCCCCCCCCCCCCCCCCCCCC(=O)NC(CO)C(O)CCCCCCCC. The fourth-order valence-corrected chi connectivity index (χ4v) is 7.42. The highest BCUT2D eigenvalue weighted by molar-refractivity contribution is 5.76. The average molecular weight is 720 g/mol. The van der Waals surface area contributed by atoms with Gasteiger partial charge in [-0.15, -0.1) is 0 Å². The van der Waals surface area contributed by atoms with Crippen LogP contribution >= 0.6 is 0 Å². The lowest BCUT2D eigenvalue weighted by atomic mass is 10.0. The first-order valence-electron chi connectivity index (χ1n) is 23.4. The van der Waals surface area contributed by atoms with Gasteiger partial charge in [0.15, 0.2) is 0 Å². The van der Waals surface area contributed by atoms with E-state index in [0.29, 0.717) is 12.8 Å². The van der Waals surface area contributed by atoms with Crippen molar-refractivity contribution in [2.45, 2.75) is 276 Å². The molecule has 0 aliphatic heterocycles.